The first kappa shape index (κ1) is 13.2. The molecule has 0 fully saturated rings. The number of hydrogen-bond acceptors (Lipinski definition) is 5. The van der Waals surface area contributed by atoms with Crippen molar-refractivity contribution in [1.29, 1.82) is 0 Å². The molecule has 0 saturated heterocycles. The van der Waals surface area contributed by atoms with Gasteiger partial charge in [-0.15, -0.1) is 16.9 Å². The summed E-state index contributed by atoms with van der Waals surface area (Å²) >= 11 is 7.82. The molecule has 0 atom stereocenters. The van der Waals surface area contributed by atoms with E-state index in [1.807, 2.05) is 19.1 Å². The Kier molecular flexibility index (Phi) is 3.50. The summed E-state index contributed by atoms with van der Waals surface area (Å²) in [4.78, 5) is 5.06. The molecule has 0 saturated carbocycles. The van der Waals surface area contributed by atoms with Crippen LogP contribution in [0, 0.1) is 6.92 Å². The van der Waals surface area contributed by atoms with Crippen LogP contribution in [0.3, 0.4) is 0 Å². The van der Waals surface area contributed by atoms with Crippen LogP contribution >= 0.6 is 23.4 Å². The molecule has 102 valence electrons. The standard InChI is InChI=1S/C13H12ClN5S/c1-7-2-3-9(14)8(4-7)6-20-10-5-11(15)16-13-12(10)17-19-18-13/h2-5H,6H2,1H3,(H3,15,16,17,18,19). The molecule has 0 unspecified atom stereocenters. The Morgan fingerprint density at radius 2 is 2.15 bits per heavy atom. The lowest BCUT2D eigenvalue weighted by Crippen LogP contribution is -1.92. The lowest BCUT2D eigenvalue weighted by molar-refractivity contribution is 0.953. The molecule has 7 heteroatoms. The average molecular weight is 306 g/mol. The number of benzene rings is 1. The molecular weight excluding hydrogens is 294 g/mol. The second-order valence-electron chi connectivity index (χ2n) is 4.42. The van der Waals surface area contributed by atoms with Gasteiger partial charge >= 0.3 is 0 Å². The average Bonchev–Trinajstić information content (AvgIpc) is 2.87. The summed E-state index contributed by atoms with van der Waals surface area (Å²) in [5.74, 6) is 1.18. The molecule has 3 aromatic rings. The number of hydrogen-bond donors (Lipinski definition) is 2. The summed E-state index contributed by atoms with van der Waals surface area (Å²) in [6.45, 7) is 2.05. The maximum Gasteiger partial charge on any atom is 0.204 e. The summed E-state index contributed by atoms with van der Waals surface area (Å²) in [6.07, 6.45) is 0. The molecule has 0 amide bonds. The van der Waals surface area contributed by atoms with E-state index in [0.29, 0.717) is 11.5 Å². The number of rotatable bonds is 3. The van der Waals surface area contributed by atoms with Crippen LogP contribution < -0.4 is 5.73 Å². The number of pyridine rings is 1. The van der Waals surface area contributed by atoms with Crippen molar-refractivity contribution in [2.24, 2.45) is 0 Å². The van der Waals surface area contributed by atoms with Gasteiger partial charge in [0.2, 0.25) is 5.65 Å². The number of nitrogens with two attached hydrogens (primary N) is 1. The molecule has 0 aliphatic heterocycles. The van der Waals surface area contributed by atoms with Crippen molar-refractivity contribution in [3.8, 4) is 0 Å². The van der Waals surface area contributed by atoms with Crippen molar-refractivity contribution >= 4 is 40.3 Å². The Morgan fingerprint density at radius 3 is 3.00 bits per heavy atom. The van der Waals surface area contributed by atoms with Crippen molar-refractivity contribution in [3.63, 3.8) is 0 Å². The number of halogens is 1. The van der Waals surface area contributed by atoms with Gasteiger partial charge < -0.3 is 5.73 Å². The van der Waals surface area contributed by atoms with E-state index in [9.17, 15) is 0 Å². The molecule has 0 spiro atoms. The fourth-order valence-electron chi connectivity index (χ4n) is 1.91. The van der Waals surface area contributed by atoms with Gasteiger partial charge in [-0.3, -0.25) is 0 Å². The van der Waals surface area contributed by atoms with Crippen molar-refractivity contribution in [3.05, 3.63) is 40.4 Å². The monoisotopic (exact) mass is 305 g/mol. The highest BCUT2D eigenvalue weighted by atomic mass is 35.5. The predicted molar refractivity (Wildman–Crippen MR) is 81.8 cm³/mol. The molecule has 3 rings (SSSR count). The lowest BCUT2D eigenvalue weighted by Gasteiger charge is -2.06. The van der Waals surface area contributed by atoms with Gasteiger partial charge in [0, 0.05) is 15.7 Å². The number of aromatic nitrogens is 4. The van der Waals surface area contributed by atoms with Crippen molar-refractivity contribution in [2.75, 3.05) is 5.73 Å². The second-order valence-corrected chi connectivity index (χ2v) is 5.85. The number of thioether (sulfide) groups is 1. The second kappa shape index (κ2) is 5.30. The topological polar surface area (TPSA) is 80.5 Å². The maximum atomic E-state index is 6.21. The van der Waals surface area contributed by atoms with E-state index in [4.69, 9.17) is 17.3 Å². The molecule has 20 heavy (non-hydrogen) atoms. The zero-order valence-corrected chi connectivity index (χ0v) is 12.3. The van der Waals surface area contributed by atoms with Gasteiger partial charge in [0.15, 0.2) is 0 Å². The van der Waals surface area contributed by atoms with Gasteiger partial charge in [-0.25, -0.2) is 4.98 Å². The fraction of sp³-hybridized carbons (Fsp3) is 0.154. The summed E-state index contributed by atoms with van der Waals surface area (Å²) in [5.41, 5.74) is 9.31. The van der Waals surface area contributed by atoms with E-state index >= 15 is 0 Å². The fourth-order valence-corrected chi connectivity index (χ4v) is 3.20. The molecule has 3 N–H and O–H groups in total. The van der Waals surface area contributed by atoms with Crippen LogP contribution in [-0.2, 0) is 5.75 Å². The van der Waals surface area contributed by atoms with Crippen LogP contribution in [0.25, 0.3) is 11.2 Å². The quantitative estimate of drug-likeness (QED) is 0.726. The molecule has 5 nitrogen and oxygen atoms in total. The number of anilines is 1. The number of H-pyrrole nitrogens is 1. The van der Waals surface area contributed by atoms with E-state index in [2.05, 4.69) is 26.5 Å². The highest BCUT2D eigenvalue weighted by Crippen LogP contribution is 2.31. The molecule has 0 aliphatic rings. The lowest BCUT2D eigenvalue weighted by atomic mass is 10.2. The minimum atomic E-state index is 0.434. The predicted octanol–water partition coefficient (Wildman–Crippen LogP) is 3.19. The molecule has 1 aromatic carbocycles. The van der Waals surface area contributed by atoms with Crippen LogP contribution in [0.15, 0.2) is 29.2 Å². The van der Waals surface area contributed by atoms with Crippen molar-refractivity contribution in [2.45, 2.75) is 17.6 Å². The summed E-state index contributed by atoms with van der Waals surface area (Å²) in [5, 5.41) is 11.4. The number of fused-ring (bicyclic) bond motifs is 1. The zero-order valence-electron chi connectivity index (χ0n) is 10.7. The van der Waals surface area contributed by atoms with Crippen LogP contribution in [0.1, 0.15) is 11.1 Å². The minimum absolute atomic E-state index is 0.434. The van der Waals surface area contributed by atoms with Crippen LogP contribution in [0.2, 0.25) is 5.02 Å². The number of aromatic amines is 1. The smallest absolute Gasteiger partial charge is 0.204 e. The summed E-state index contributed by atoms with van der Waals surface area (Å²) in [6, 6.07) is 7.80. The largest absolute Gasteiger partial charge is 0.384 e. The third-order valence-corrected chi connectivity index (χ3v) is 4.31. The van der Waals surface area contributed by atoms with Gasteiger partial charge in [-0.1, -0.05) is 29.3 Å². The SMILES string of the molecule is Cc1ccc(Cl)c(CSc2cc(N)nc3n[nH]nc23)c1. The minimum Gasteiger partial charge on any atom is -0.384 e. The molecular formula is C13H12ClN5S. The van der Waals surface area contributed by atoms with E-state index in [1.54, 1.807) is 17.8 Å². The van der Waals surface area contributed by atoms with E-state index in [-0.39, 0.29) is 0 Å². The highest BCUT2D eigenvalue weighted by molar-refractivity contribution is 7.98. The Hall–Kier alpha value is -1.79. The normalized spacial score (nSPS) is 11.1. The van der Waals surface area contributed by atoms with Crippen molar-refractivity contribution < 1.29 is 0 Å². The molecule has 0 bridgehead atoms. The third kappa shape index (κ3) is 2.57. The highest BCUT2D eigenvalue weighted by Gasteiger charge is 2.10. The molecule has 0 radical (unpaired) electrons. The van der Waals surface area contributed by atoms with Gasteiger partial charge in [0.1, 0.15) is 11.3 Å². The molecule has 2 heterocycles. The van der Waals surface area contributed by atoms with Gasteiger partial charge in [-0.2, -0.15) is 10.3 Å². The Bertz CT molecular complexity index is 771. The zero-order chi connectivity index (χ0) is 14.1. The van der Waals surface area contributed by atoms with Crippen LogP contribution in [-0.4, -0.2) is 20.4 Å². The number of nitrogens with zero attached hydrogens (tertiary/aromatic N) is 3. The van der Waals surface area contributed by atoms with Gasteiger partial charge in [0.25, 0.3) is 0 Å². The summed E-state index contributed by atoms with van der Waals surface area (Å²) < 4.78 is 0. The number of nitrogens with one attached hydrogen (secondary N) is 1. The van der Waals surface area contributed by atoms with Crippen LogP contribution in [0.4, 0.5) is 5.82 Å². The summed E-state index contributed by atoms with van der Waals surface area (Å²) in [7, 11) is 0. The Balaban J connectivity index is 1.90. The Labute approximate surface area is 124 Å². The molecule has 0 aliphatic carbocycles. The van der Waals surface area contributed by atoms with Gasteiger partial charge in [-0.05, 0) is 24.6 Å². The first-order valence-corrected chi connectivity index (χ1v) is 7.34. The number of aryl methyl sites for hydroxylation is 1. The van der Waals surface area contributed by atoms with Crippen LogP contribution in [0.5, 0.6) is 0 Å². The number of nitrogen functional groups attached to an aromatic ring is 1. The van der Waals surface area contributed by atoms with E-state index in [1.165, 1.54) is 5.56 Å². The first-order valence-electron chi connectivity index (χ1n) is 5.98. The maximum absolute atomic E-state index is 6.21. The van der Waals surface area contributed by atoms with Gasteiger partial charge in [0.05, 0.1) is 0 Å². The first-order chi connectivity index (χ1) is 9.63. The van der Waals surface area contributed by atoms with E-state index < -0.39 is 0 Å². The third-order valence-electron chi connectivity index (χ3n) is 2.86. The van der Waals surface area contributed by atoms with Crippen molar-refractivity contribution in [1.82, 2.24) is 20.4 Å². The van der Waals surface area contributed by atoms with E-state index in [0.717, 1.165) is 26.8 Å². The Morgan fingerprint density at radius 1 is 1.30 bits per heavy atom. The molecule has 2 aromatic heterocycles.